The third kappa shape index (κ3) is 9.69. The Labute approximate surface area is 145 Å². The molecular weight excluding hydrogens is 282 g/mol. The van der Waals surface area contributed by atoms with Gasteiger partial charge in [0.15, 0.2) is 0 Å². The van der Waals surface area contributed by atoms with Crippen LogP contribution in [0.3, 0.4) is 0 Å². The highest BCUT2D eigenvalue weighted by Gasteiger charge is 2.28. The zero-order valence-corrected chi connectivity index (χ0v) is 16.1. The Kier molecular flexibility index (Phi) is 13.0. The van der Waals surface area contributed by atoms with Crippen LogP contribution in [0.15, 0.2) is 0 Å². The van der Waals surface area contributed by atoms with Gasteiger partial charge < -0.3 is 0 Å². The molecule has 3 nitrogen and oxygen atoms in total. The van der Waals surface area contributed by atoms with E-state index in [-0.39, 0.29) is 0 Å². The summed E-state index contributed by atoms with van der Waals surface area (Å²) in [5.74, 6) is 6.13. The average Bonchev–Trinajstić information content (AvgIpc) is 2.89. The lowest BCUT2D eigenvalue weighted by molar-refractivity contribution is 0.125. The number of unbranched alkanes of at least 4 members (excludes halogenated alkanes) is 11. The van der Waals surface area contributed by atoms with Gasteiger partial charge in [0, 0.05) is 13.1 Å². The third-order valence-corrected chi connectivity index (χ3v) is 5.28. The van der Waals surface area contributed by atoms with E-state index in [1.165, 1.54) is 96.4 Å². The molecule has 0 aliphatic carbocycles. The maximum absolute atomic E-state index is 6.13. The van der Waals surface area contributed by atoms with Gasteiger partial charge in [-0.2, -0.15) is 0 Å². The van der Waals surface area contributed by atoms with Gasteiger partial charge in [0.25, 0.3) is 0 Å². The number of hydrazine groups is 1. The summed E-state index contributed by atoms with van der Waals surface area (Å²) in [6.07, 6.45) is 20.1. The van der Waals surface area contributed by atoms with Gasteiger partial charge in [-0.15, -0.1) is 0 Å². The van der Waals surface area contributed by atoms with Gasteiger partial charge in [0.05, 0.1) is 6.17 Å². The van der Waals surface area contributed by atoms with E-state index in [1.54, 1.807) is 0 Å². The van der Waals surface area contributed by atoms with Crippen molar-refractivity contribution in [2.45, 2.75) is 110 Å². The molecule has 0 amide bonds. The molecule has 1 atom stereocenters. The summed E-state index contributed by atoms with van der Waals surface area (Å²) < 4.78 is 0. The molecular formula is C20H43N3. The van der Waals surface area contributed by atoms with E-state index in [1.807, 2.05) is 0 Å². The smallest absolute Gasteiger partial charge is 0.0756 e. The Hall–Kier alpha value is -0.120. The molecule has 1 heterocycles. The fourth-order valence-corrected chi connectivity index (χ4v) is 3.82. The van der Waals surface area contributed by atoms with Crippen LogP contribution in [0.2, 0.25) is 0 Å². The molecule has 3 heteroatoms. The second-order valence-electron chi connectivity index (χ2n) is 7.43. The van der Waals surface area contributed by atoms with E-state index in [0.717, 1.165) is 13.1 Å². The standard InChI is InChI=1S/C20H43N3/c1-3-5-6-7-8-9-10-11-12-13-14-15-16-20-22(17-4-2)18-19-23(20)21/h20H,3-19,21H2,1-2H3. The van der Waals surface area contributed by atoms with Gasteiger partial charge in [-0.1, -0.05) is 90.9 Å². The van der Waals surface area contributed by atoms with Gasteiger partial charge in [-0.3, -0.25) is 10.7 Å². The van der Waals surface area contributed by atoms with E-state index in [2.05, 4.69) is 23.8 Å². The van der Waals surface area contributed by atoms with Crippen molar-refractivity contribution >= 4 is 0 Å². The fourth-order valence-electron chi connectivity index (χ4n) is 3.82. The summed E-state index contributed by atoms with van der Waals surface area (Å²) in [6.45, 7) is 7.96. The minimum Gasteiger partial charge on any atom is -0.286 e. The van der Waals surface area contributed by atoms with Crippen molar-refractivity contribution in [1.29, 1.82) is 0 Å². The Morgan fingerprint density at radius 2 is 1.22 bits per heavy atom. The van der Waals surface area contributed by atoms with Gasteiger partial charge >= 0.3 is 0 Å². The molecule has 1 saturated heterocycles. The molecule has 0 spiro atoms. The highest BCUT2D eigenvalue weighted by atomic mass is 15.5. The van der Waals surface area contributed by atoms with E-state index >= 15 is 0 Å². The van der Waals surface area contributed by atoms with Crippen molar-refractivity contribution in [3.8, 4) is 0 Å². The van der Waals surface area contributed by atoms with Crippen LogP contribution in [-0.4, -0.2) is 35.7 Å². The van der Waals surface area contributed by atoms with E-state index in [4.69, 9.17) is 5.84 Å². The molecule has 1 rings (SSSR count). The molecule has 23 heavy (non-hydrogen) atoms. The lowest BCUT2D eigenvalue weighted by Crippen LogP contribution is -2.42. The van der Waals surface area contributed by atoms with E-state index in [0.29, 0.717) is 6.17 Å². The summed E-state index contributed by atoms with van der Waals surface area (Å²) in [5.41, 5.74) is 0. The Bertz CT molecular complexity index is 255. The van der Waals surface area contributed by atoms with E-state index in [9.17, 15) is 0 Å². The normalized spacial score (nSPS) is 19.7. The van der Waals surface area contributed by atoms with Gasteiger partial charge in [0.1, 0.15) is 0 Å². The molecule has 0 aromatic rings. The first-order valence-electron chi connectivity index (χ1n) is 10.5. The summed E-state index contributed by atoms with van der Waals surface area (Å²) >= 11 is 0. The molecule has 0 aromatic heterocycles. The molecule has 0 bridgehead atoms. The molecule has 1 unspecified atom stereocenters. The maximum Gasteiger partial charge on any atom is 0.0756 e. The number of rotatable bonds is 15. The number of hydrogen-bond acceptors (Lipinski definition) is 3. The first-order chi connectivity index (χ1) is 11.3. The Morgan fingerprint density at radius 3 is 1.74 bits per heavy atom. The van der Waals surface area contributed by atoms with Crippen LogP contribution >= 0.6 is 0 Å². The number of nitrogens with two attached hydrogens (primary N) is 1. The molecule has 1 aliphatic heterocycles. The largest absolute Gasteiger partial charge is 0.286 e. The first kappa shape index (κ1) is 20.9. The lowest BCUT2D eigenvalue weighted by atomic mass is 10.0. The number of hydrogen-bond donors (Lipinski definition) is 1. The number of nitrogens with zero attached hydrogens (tertiary/aromatic N) is 2. The molecule has 0 radical (unpaired) electrons. The molecule has 1 aliphatic rings. The maximum atomic E-state index is 6.13. The molecule has 0 aromatic carbocycles. The van der Waals surface area contributed by atoms with Crippen molar-refractivity contribution in [1.82, 2.24) is 9.91 Å². The van der Waals surface area contributed by atoms with Gasteiger partial charge in [-0.25, -0.2) is 5.01 Å². The Morgan fingerprint density at radius 1 is 0.696 bits per heavy atom. The monoisotopic (exact) mass is 325 g/mol. The minimum absolute atomic E-state index is 0.512. The summed E-state index contributed by atoms with van der Waals surface area (Å²) in [6, 6.07) is 0. The minimum atomic E-state index is 0.512. The molecule has 1 fully saturated rings. The van der Waals surface area contributed by atoms with E-state index < -0.39 is 0 Å². The second-order valence-corrected chi connectivity index (χ2v) is 7.43. The van der Waals surface area contributed by atoms with Crippen molar-refractivity contribution in [3.05, 3.63) is 0 Å². The van der Waals surface area contributed by atoms with Crippen molar-refractivity contribution in [2.24, 2.45) is 5.84 Å². The van der Waals surface area contributed by atoms with Crippen LogP contribution in [0, 0.1) is 0 Å². The highest BCUT2D eigenvalue weighted by Crippen LogP contribution is 2.18. The zero-order valence-electron chi connectivity index (χ0n) is 16.1. The van der Waals surface area contributed by atoms with Crippen LogP contribution < -0.4 is 5.84 Å². The topological polar surface area (TPSA) is 32.5 Å². The van der Waals surface area contributed by atoms with Crippen molar-refractivity contribution < 1.29 is 0 Å². The molecule has 0 saturated carbocycles. The lowest BCUT2D eigenvalue weighted by Gasteiger charge is -2.27. The Balaban J connectivity index is 1.87. The molecule has 138 valence electrons. The molecule has 2 N–H and O–H groups in total. The van der Waals surface area contributed by atoms with Crippen LogP contribution in [-0.2, 0) is 0 Å². The quantitative estimate of drug-likeness (QED) is 0.327. The summed E-state index contributed by atoms with van der Waals surface area (Å²) in [7, 11) is 0. The summed E-state index contributed by atoms with van der Waals surface area (Å²) in [5, 5.41) is 2.06. The SMILES string of the molecule is CCCCCCCCCCCCCCC1N(N)CCN1CCC. The predicted octanol–water partition coefficient (Wildman–Crippen LogP) is 5.31. The zero-order chi connectivity index (χ0) is 16.8. The highest BCUT2D eigenvalue weighted by molar-refractivity contribution is 4.78. The van der Waals surface area contributed by atoms with Gasteiger partial charge in [0.2, 0.25) is 0 Å². The van der Waals surface area contributed by atoms with Crippen LogP contribution in [0.5, 0.6) is 0 Å². The van der Waals surface area contributed by atoms with Crippen molar-refractivity contribution in [2.75, 3.05) is 19.6 Å². The van der Waals surface area contributed by atoms with Crippen LogP contribution in [0.25, 0.3) is 0 Å². The van der Waals surface area contributed by atoms with Crippen LogP contribution in [0.4, 0.5) is 0 Å². The summed E-state index contributed by atoms with van der Waals surface area (Å²) in [4.78, 5) is 2.57. The fraction of sp³-hybridized carbons (Fsp3) is 1.00. The predicted molar refractivity (Wildman–Crippen MR) is 102 cm³/mol. The van der Waals surface area contributed by atoms with Crippen LogP contribution in [0.1, 0.15) is 104 Å². The third-order valence-electron chi connectivity index (χ3n) is 5.28. The second kappa shape index (κ2) is 14.2. The van der Waals surface area contributed by atoms with Crippen molar-refractivity contribution in [3.63, 3.8) is 0 Å². The van der Waals surface area contributed by atoms with Gasteiger partial charge in [-0.05, 0) is 19.4 Å². The first-order valence-corrected chi connectivity index (χ1v) is 10.5. The average molecular weight is 326 g/mol.